The summed E-state index contributed by atoms with van der Waals surface area (Å²) in [5, 5.41) is 0.125. The quantitative estimate of drug-likeness (QED) is 0.184. The Bertz CT molecular complexity index is 1310. The molecule has 0 spiro atoms. The summed E-state index contributed by atoms with van der Waals surface area (Å²) in [5.74, 6) is 2.03. The van der Waals surface area contributed by atoms with E-state index in [1.165, 1.54) is 10.5 Å². The number of imide groups is 1. The van der Waals surface area contributed by atoms with E-state index in [4.69, 9.17) is 30.5 Å². The van der Waals surface area contributed by atoms with Crippen LogP contribution in [-0.2, 0) is 4.79 Å². The number of hydrogen-bond donors (Lipinski definition) is 0. The van der Waals surface area contributed by atoms with Gasteiger partial charge in [-0.05, 0) is 73.6 Å². The zero-order valence-corrected chi connectivity index (χ0v) is 22.7. The van der Waals surface area contributed by atoms with Crippen LogP contribution in [0.1, 0.15) is 18.1 Å². The minimum atomic E-state index is -0.366. The Hall–Kier alpha value is -3.62. The highest BCUT2D eigenvalue weighted by Crippen LogP contribution is 2.35. The van der Waals surface area contributed by atoms with Crippen LogP contribution in [0.15, 0.2) is 71.6 Å². The van der Waals surface area contributed by atoms with Gasteiger partial charge in [0.2, 0.25) is 0 Å². The van der Waals surface area contributed by atoms with Crippen LogP contribution < -0.4 is 18.9 Å². The van der Waals surface area contributed by atoms with Crippen LogP contribution in [0, 0.1) is 6.92 Å². The highest BCUT2D eigenvalue weighted by atomic mass is 35.5. The Morgan fingerprint density at radius 2 is 1.58 bits per heavy atom. The van der Waals surface area contributed by atoms with Crippen LogP contribution in [0.25, 0.3) is 6.08 Å². The first-order valence-electron chi connectivity index (χ1n) is 12.2. The van der Waals surface area contributed by atoms with Crippen LogP contribution in [0.3, 0.4) is 0 Å². The van der Waals surface area contributed by atoms with Gasteiger partial charge in [-0.3, -0.25) is 14.5 Å². The number of aryl methyl sites for hydroxylation is 1. The number of ether oxygens (including phenoxy) is 4. The van der Waals surface area contributed by atoms with E-state index in [9.17, 15) is 9.59 Å². The van der Waals surface area contributed by atoms with Crippen molar-refractivity contribution in [3.8, 4) is 23.0 Å². The number of thioether (sulfide) groups is 1. The van der Waals surface area contributed by atoms with Crippen molar-refractivity contribution in [3.63, 3.8) is 0 Å². The summed E-state index contributed by atoms with van der Waals surface area (Å²) in [6.45, 7) is 5.33. The molecule has 2 amide bonds. The fourth-order valence-corrected chi connectivity index (χ4v) is 4.66. The molecule has 4 rings (SSSR count). The molecule has 3 aromatic rings. The molecular formula is C29H28ClNO6S. The number of carbonyl (C=O) groups excluding carboxylic acids is 2. The van der Waals surface area contributed by atoms with Gasteiger partial charge in [0.1, 0.15) is 31.3 Å². The van der Waals surface area contributed by atoms with Gasteiger partial charge in [-0.15, -0.1) is 0 Å². The minimum Gasteiger partial charge on any atom is -0.490 e. The van der Waals surface area contributed by atoms with E-state index in [0.717, 1.165) is 23.1 Å². The maximum absolute atomic E-state index is 12.9. The Morgan fingerprint density at radius 3 is 2.34 bits per heavy atom. The summed E-state index contributed by atoms with van der Waals surface area (Å²) in [7, 11) is 0. The molecule has 0 bridgehead atoms. The Balaban J connectivity index is 1.35. The molecule has 3 aromatic carbocycles. The van der Waals surface area contributed by atoms with Gasteiger partial charge in [0.05, 0.1) is 23.1 Å². The fourth-order valence-electron chi connectivity index (χ4n) is 3.60. The third-order valence-corrected chi connectivity index (χ3v) is 6.70. The fraction of sp³-hybridized carbons (Fsp3) is 0.241. The molecule has 1 saturated heterocycles. The van der Waals surface area contributed by atoms with Gasteiger partial charge >= 0.3 is 0 Å². The van der Waals surface area contributed by atoms with Crippen LogP contribution in [0.5, 0.6) is 23.0 Å². The number of halogens is 1. The van der Waals surface area contributed by atoms with Crippen molar-refractivity contribution in [3.05, 3.63) is 87.8 Å². The van der Waals surface area contributed by atoms with E-state index >= 15 is 0 Å². The number of hydrogen-bond acceptors (Lipinski definition) is 7. The molecule has 198 valence electrons. The summed E-state index contributed by atoms with van der Waals surface area (Å²) in [5.41, 5.74) is 1.89. The molecule has 0 saturated carbocycles. The topological polar surface area (TPSA) is 74.3 Å². The first kappa shape index (κ1) is 27.4. The minimum absolute atomic E-state index is 0.120. The monoisotopic (exact) mass is 553 g/mol. The van der Waals surface area contributed by atoms with Crippen LogP contribution in [0.4, 0.5) is 4.79 Å². The molecule has 0 aliphatic carbocycles. The molecule has 1 heterocycles. The van der Waals surface area contributed by atoms with Gasteiger partial charge < -0.3 is 18.9 Å². The molecule has 0 radical (unpaired) electrons. The summed E-state index contributed by atoms with van der Waals surface area (Å²) in [6.07, 6.45) is 1.67. The van der Waals surface area contributed by atoms with Crippen LogP contribution >= 0.6 is 23.4 Å². The molecule has 1 aliphatic heterocycles. The highest BCUT2D eigenvalue weighted by molar-refractivity contribution is 8.18. The van der Waals surface area contributed by atoms with Gasteiger partial charge in [-0.25, -0.2) is 0 Å². The third-order valence-electron chi connectivity index (χ3n) is 5.48. The Labute approximate surface area is 231 Å². The Kier molecular flexibility index (Phi) is 9.56. The van der Waals surface area contributed by atoms with Gasteiger partial charge in [0, 0.05) is 0 Å². The first-order valence-corrected chi connectivity index (χ1v) is 13.4. The second kappa shape index (κ2) is 13.3. The predicted molar refractivity (Wildman–Crippen MR) is 149 cm³/mol. The summed E-state index contributed by atoms with van der Waals surface area (Å²) in [6, 6.07) is 20.3. The molecule has 0 unspecified atom stereocenters. The number of carbonyl (C=O) groups is 2. The van der Waals surface area contributed by atoms with Crippen molar-refractivity contribution in [2.75, 3.05) is 33.0 Å². The van der Waals surface area contributed by atoms with Crippen LogP contribution in [0.2, 0.25) is 5.02 Å². The number of benzene rings is 3. The van der Waals surface area contributed by atoms with Gasteiger partial charge in [0.25, 0.3) is 11.1 Å². The molecule has 1 fully saturated rings. The largest absolute Gasteiger partial charge is 0.490 e. The van der Waals surface area contributed by atoms with E-state index in [1.807, 2.05) is 44.2 Å². The lowest BCUT2D eigenvalue weighted by Gasteiger charge is -2.14. The predicted octanol–water partition coefficient (Wildman–Crippen LogP) is 6.62. The van der Waals surface area contributed by atoms with Crippen molar-refractivity contribution >= 4 is 40.6 Å². The number of amides is 2. The normalized spacial score (nSPS) is 14.2. The highest BCUT2D eigenvalue weighted by Gasteiger charge is 2.34. The van der Waals surface area contributed by atoms with Gasteiger partial charge in [-0.1, -0.05) is 47.5 Å². The third kappa shape index (κ3) is 7.24. The summed E-state index contributed by atoms with van der Waals surface area (Å²) < 4.78 is 23.0. The van der Waals surface area contributed by atoms with E-state index in [1.54, 1.807) is 42.5 Å². The van der Waals surface area contributed by atoms with Crippen molar-refractivity contribution in [1.29, 1.82) is 0 Å². The molecule has 0 aromatic heterocycles. The van der Waals surface area contributed by atoms with E-state index in [0.29, 0.717) is 47.0 Å². The average Bonchev–Trinajstić information content (AvgIpc) is 3.17. The summed E-state index contributed by atoms with van der Waals surface area (Å²) >= 11 is 6.98. The lowest BCUT2D eigenvalue weighted by atomic mass is 10.2. The lowest BCUT2D eigenvalue weighted by molar-refractivity contribution is -0.123. The Morgan fingerprint density at radius 1 is 0.842 bits per heavy atom. The molecule has 0 atom stereocenters. The van der Waals surface area contributed by atoms with Crippen LogP contribution in [-0.4, -0.2) is 49.0 Å². The zero-order chi connectivity index (χ0) is 26.9. The number of nitrogens with zero attached hydrogens (tertiary/aromatic N) is 1. The van der Waals surface area contributed by atoms with Crippen molar-refractivity contribution in [2.45, 2.75) is 13.8 Å². The smallest absolute Gasteiger partial charge is 0.293 e. The molecule has 7 nitrogen and oxygen atoms in total. The molecule has 0 N–H and O–H groups in total. The number of para-hydroxylation sites is 1. The van der Waals surface area contributed by atoms with E-state index in [2.05, 4.69) is 0 Å². The van der Waals surface area contributed by atoms with Crippen molar-refractivity contribution in [1.82, 2.24) is 4.90 Å². The summed E-state index contributed by atoms with van der Waals surface area (Å²) in [4.78, 5) is 26.9. The standard InChI is InChI=1S/C29H28ClNO6S/c1-3-34-26-18-21(10-13-25(26)37-17-16-35-22-11-8-20(2)9-12-22)19-27-28(32)31(29(33)38-27)14-15-36-24-7-5-4-6-23(24)30/h4-13,18-19H,3,14-17H2,1-2H3/b27-19-. The van der Waals surface area contributed by atoms with Gasteiger partial charge in [-0.2, -0.15) is 0 Å². The molecule has 9 heteroatoms. The molecule has 1 aliphatic rings. The first-order chi connectivity index (χ1) is 18.4. The molecule has 38 heavy (non-hydrogen) atoms. The van der Waals surface area contributed by atoms with E-state index in [-0.39, 0.29) is 24.3 Å². The lowest BCUT2D eigenvalue weighted by Crippen LogP contribution is -2.32. The number of rotatable bonds is 12. The van der Waals surface area contributed by atoms with Gasteiger partial charge in [0.15, 0.2) is 11.5 Å². The molecular weight excluding hydrogens is 526 g/mol. The van der Waals surface area contributed by atoms with Crippen molar-refractivity contribution < 1.29 is 28.5 Å². The SMILES string of the molecule is CCOc1cc(/C=C2\SC(=O)N(CCOc3ccccc3Cl)C2=O)ccc1OCCOc1ccc(C)cc1. The second-order valence-electron chi connectivity index (χ2n) is 8.26. The van der Waals surface area contributed by atoms with Crippen molar-refractivity contribution in [2.24, 2.45) is 0 Å². The maximum Gasteiger partial charge on any atom is 0.293 e. The van der Waals surface area contributed by atoms with E-state index < -0.39 is 0 Å². The zero-order valence-electron chi connectivity index (χ0n) is 21.1. The average molecular weight is 554 g/mol. The second-order valence-corrected chi connectivity index (χ2v) is 9.66. The maximum atomic E-state index is 12.9.